The predicted molar refractivity (Wildman–Crippen MR) is 128 cm³/mol. The Hall–Kier alpha value is -2.24. The highest BCUT2D eigenvalue weighted by molar-refractivity contribution is 6.32. The number of ether oxygens (including phenoxy) is 1. The molecule has 2 aromatic rings. The Morgan fingerprint density at radius 2 is 1.69 bits per heavy atom. The van der Waals surface area contributed by atoms with E-state index in [1.165, 1.54) is 0 Å². The lowest BCUT2D eigenvalue weighted by molar-refractivity contribution is -0.142. The molecule has 2 aromatic carbocycles. The molecule has 1 fully saturated rings. The number of amides is 2. The van der Waals surface area contributed by atoms with Crippen LogP contribution in [0.3, 0.4) is 0 Å². The summed E-state index contributed by atoms with van der Waals surface area (Å²) in [6.07, 6.45) is 4.23. The molecule has 1 aliphatic carbocycles. The van der Waals surface area contributed by atoms with Crippen LogP contribution in [0.4, 0.5) is 0 Å². The number of carbonyl (C=O) groups excluding carboxylic acids is 2. The summed E-state index contributed by atoms with van der Waals surface area (Å²) in [4.78, 5) is 27.6. The fourth-order valence-electron chi connectivity index (χ4n) is 3.98. The Kier molecular flexibility index (Phi) is 8.44. The number of benzene rings is 2. The van der Waals surface area contributed by atoms with Gasteiger partial charge in [-0.2, -0.15) is 0 Å². The number of hydrogen-bond acceptors (Lipinski definition) is 3. The molecule has 1 aliphatic rings. The first kappa shape index (κ1) is 24.4. The first-order chi connectivity index (χ1) is 15.2. The van der Waals surface area contributed by atoms with E-state index < -0.39 is 6.04 Å². The van der Waals surface area contributed by atoms with Crippen molar-refractivity contribution in [1.29, 1.82) is 0 Å². The highest BCUT2D eigenvalue weighted by Crippen LogP contribution is 2.26. The van der Waals surface area contributed by atoms with E-state index in [1.54, 1.807) is 24.0 Å². The lowest BCUT2D eigenvalue weighted by Crippen LogP contribution is -2.50. The van der Waals surface area contributed by atoms with Gasteiger partial charge in [0.05, 0.1) is 0 Å². The number of aryl methyl sites for hydroxylation is 2. The van der Waals surface area contributed by atoms with E-state index in [9.17, 15) is 9.59 Å². The summed E-state index contributed by atoms with van der Waals surface area (Å²) in [5.74, 6) is 0.170. The van der Waals surface area contributed by atoms with Crippen molar-refractivity contribution in [1.82, 2.24) is 10.2 Å². The second-order valence-corrected chi connectivity index (χ2v) is 9.29. The smallest absolute Gasteiger partial charge is 0.261 e. The molecule has 0 heterocycles. The lowest BCUT2D eigenvalue weighted by atomic mass is 10.1. The molecule has 0 saturated heterocycles. The number of hydrogen-bond donors (Lipinski definition) is 1. The van der Waals surface area contributed by atoms with E-state index in [4.69, 9.17) is 27.9 Å². The van der Waals surface area contributed by atoms with Crippen LogP contribution in [0.5, 0.6) is 5.75 Å². The molecule has 7 heteroatoms. The maximum Gasteiger partial charge on any atom is 0.261 e. The van der Waals surface area contributed by atoms with Crippen molar-refractivity contribution in [2.24, 2.45) is 0 Å². The molecule has 172 valence electrons. The van der Waals surface area contributed by atoms with Crippen molar-refractivity contribution in [3.63, 3.8) is 0 Å². The summed E-state index contributed by atoms with van der Waals surface area (Å²) in [5, 5.41) is 4.40. The van der Waals surface area contributed by atoms with Gasteiger partial charge in [0.1, 0.15) is 11.8 Å². The topological polar surface area (TPSA) is 58.6 Å². The molecule has 2 amide bonds. The maximum absolute atomic E-state index is 13.2. The van der Waals surface area contributed by atoms with Crippen molar-refractivity contribution in [3.05, 3.63) is 63.1 Å². The monoisotopic (exact) mass is 476 g/mol. The molecule has 5 nitrogen and oxygen atoms in total. The third-order valence-corrected chi connectivity index (χ3v) is 6.76. The van der Waals surface area contributed by atoms with Crippen molar-refractivity contribution >= 4 is 35.0 Å². The van der Waals surface area contributed by atoms with Gasteiger partial charge in [-0.1, -0.05) is 48.2 Å². The molecule has 1 atom stereocenters. The summed E-state index contributed by atoms with van der Waals surface area (Å²) in [5.41, 5.74) is 2.66. The standard InChI is InChI=1S/C25H30Cl2N2O3/c1-16-12-22(13-17(2)24(16)27)32-15-23(30)29(14-19-8-10-20(26)11-9-19)18(3)25(31)28-21-6-4-5-7-21/h8-13,18,21H,4-7,14-15H2,1-3H3,(H,28,31)/t18-/m0/s1. The largest absolute Gasteiger partial charge is 0.484 e. The van der Waals surface area contributed by atoms with Gasteiger partial charge >= 0.3 is 0 Å². The van der Waals surface area contributed by atoms with Gasteiger partial charge in [0.25, 0.3) is 5.91 Å². The van der Waals surface area contributed by atoms with Gasteiger partial charge in [-0.3, -0.25) is 9.59 Å². The Labute approximate surface area is 200 Å². The van der Waals surface area contributed by atoms with Crippen molar-refractivity contribution < 1.29 is 14.3 Å². The average Bonchev–Trinajstić information content (AvgIpc) is 3.27. The molecule has 1 N–H and O–H groups in total. The van der Waals surface area contributed by atoms with Crippen LogP contribution >= 0.6 is 23.2 Å². The summed E-state index contributed by atoms with van der Waals surface area (Å²) in [6, 6.07) is 10.4. The zero-order valence-corrected chi connectivity index (χ0v) is 20.3. The number of rotatable bonds is 8. The number of nitrogens with one attached hydrogen (secondary N) is 1. The van der Waals surface area contributed by atoms with E-state index >= 15 is 0 Å². The van der Waals surface area contributed by atoms with E-state index in [2.05, 4.69) is 5.32 Å². The zero-order valence-electron chi connectivity index (χ0n) is 18.8. The minimum atomic E-state index is -0.629. The van der Waals surface area contributed by atoms with Crippen molar-refractivity contribution in [3.8, 4) is 5.75 Å². The van der Waals surface area contributed by atoms with Crippen LogP contribution in [0.25, 0.3) is 0 Å². The maximum atomic E-state index is 13.2. The number of nitrogens with zero attached hydrogens (tertiary/aromatic N) is 1. The third kappa shape index (κ3) is 6.39. The molecular weight excluding hydrogens is 447 g/mol. The second kappa shape index (κ2) is 11.1. The van der Waals surface area contributed by atoms with Gasteiger partial charge in [-0.05, 0) is 74.6 Å². The third-order valence-electron chi connectivity index (χ3n) is 5.91. The first-order valence-corrected chi connectivity index (χ1v) is 11.7. The molecule has 0 aromatic heterocycles. The van der Waals surface area contributed by atoms with Gasteiger partial charge < -0.3 is 15.0 Å². The van der Waals surface area contributed by atoms with E-state index in [1.807, 2.05) is 38.1 Å². The summed E-state index contributed by atoms with van der Waals surface area (Å²) in [6.45, 7) is 5.67. The quantitative estimate of drug-likeness (QED) is 0.549. The minimum Gasteiger partial charge on any atom is -0.484 e. The van der Waals surface area contributed by atoms with Gasteiger partial charge in [0.15, 0.2) is 6.61 Å². The SMILES string of the molecule is Cc1cc(OCC(=O)N(Cc2ccc(Cl)cc2)[C@@H](C)C(=O)NC2CCCC2)cc(C)c1Cl. The molecule has 0 spiro atoms. The highest BCUT2D eigenvalue weighted by Gasteiger charge is 2.28. The normalized spacial score (nSPS) is 14.8. The number of halogens is 2. The van der Waals surface area contributed by atoms with Crippen LogP contribution in [0.15, 0.2) is 36.4 Å². The predicted octanol–water partition coefficient (Wildman–Crippen LogP) is 5.47. The summed E-state index contributed by atoms with van der Waals surface area (Å²) in [7, 11) is 0. The Balaban J connectivity index is 1.73. The van der Waals surface area contributed by atoms with E-state index in [-0.39, 0.29) is 31.0 Å². The van der Waals surface area contributed by atoms with Crippen LogP contribution in [0.2, 0.25) is 10.0 Å². The van der Waals surface area contributed by atoms with Gasteiger partial charge in [0.2, 0.25) is 5.91 Å². The molecule has 0 radical (unpaired) electrons. The zero-order chi connectivity index (χ0) is 23.3. The fraction of sp³-hybridized carbons (Fsp3) is 0.440. The molecule has 1 saturated carbocycles. The molecule has 0 bridgehead atoms. The minimum absolute atomic E-state index is 0.141. The van der Waals surface area contributed by atoms with Crippen molar-refractivity contribution in [2.75, 3.05) is 6.61 Å². The average molecular weight is 477 g/mol. The molecular formula is C25H30Cl2N2O3. The fourth-order valence-corrected chi connectivity index (χ4v) is 4.21. The van der Waals surface area contributed by atoms with Gasteiger partial charge in [-0.25, -0.2) is 0 Å². The molecule has 0 unspecified atom stereocenters. The highest BCUT2D eigenvalue weighted by atomic mass is 35.5. The summed E-state index contributed by atoms with van der Waals surface area (Å²) < 4.78 is 5.78. The Morgan fingerprint density at radius 3 is 2.28 bits per heavy atom. The van der Waals surface area contributed by atoms with Crippen LogP contribution in [-0.2, 0) is 16.1 Å². The molecule has 3 rings (SSSR count). The van der Waals surface area contributed by atoms with E-state index in [0.717, 1.165) is 42.4 Å². The Bertz CT molecular complexity index is 933. The molecule has 32 heavy (non-hydrogen) atoms. The van der Waals surface area contributed by atoms with Gasteiger partial charge in [-0.15, -0.1) is 0 Å². The summed E-state index contributed by atoms with van der Waals surface area (Å²) >= 11 is 12.2. The second-order valence-electron chi connectivity index (χ2n) is 8.47. The van der Waals surface area contributed by atoms with Crippen LogP contribution in [0.1, 0.15) is 49.3 Å². The van der Waals surface area contributed by atoms with Crippen molar-refractivity contribution in [2.45, 2.75) is 65.1 Å². The molecule has 0 aliphatic heterocycles. The van der Waals surface area contributed by atoms with Crippen LogP contribution < -0.4 is 10.1 Å². The first-order valence-electron chi connectivity index (χ1n) is 11.0. The van der Waals surface area contributed by atoms with E-state index in [0.29, 0.717) is 15.8 Å². The number of carbonyl (C=O) groups is 2. The van der Waals surface area contributed by atoms with Crippen LogP contribution in [0, 0.1) is 13.8 Å². The lowest BCUT2D eigenvalue weighted by Gasteiger charge is -2.29. The van der Waals surface area contributed by atoms with Crippen LogP contribution in [-0.4, -0.2) is 35.4 Å². The van der Waals surface area contributed by atoms with Gasteiger partial charge in [0, 0.05) is 22.6 Å². The Morgan fingerprint density at radius 1 is 1.09 bits per heavy atom.